The Hall–Kier alpha value is -2.41. The lowest BCUT2D eigenvalue weighted by molar-refractivity contribution is -0.186. The summed E-state index contributed by atoms with van der Waals surface area (Å²) in [6, 6.07) is 4.24. The fourth-order valence-corrected chi connectivity index (χ4v) is 5.66. The predicted octanol–water partition coefficient (Wildman–Crippen LogP) is 4.97. The van der Waals surface area contributed by atoms with Crippen LogP contribution in [0.4, 0.5) is 8.78 Å². The first-order valence-corrected chi connectivity index (χ1v) is 10.5. The van der Waals surface area contributed by atoms with Crippen LogP contribution >= 0.6 is 0 Å². The van der Waals surface area contributed by atoms with Gasteiger partial charge in [-0.25, -0.2) is 8.78 Å². The summed E-state index contributed by atoms with van der Waals surface area (Å²) in [6.45, 7) is 3.58. The van der Waals surface area contributed by atoms with E-state index in [0.717, 1.165) is 52.7 Å². The van der Waals surface area contributed by atoms with E-state index in [1.165, 1.54) is 0 Å². The molecule has 1 saturated heterocycles. The van der Waals surface area contributed by atoms with Gasteiger partial charge in [-0.3, -0.25) is 9.58 Å². The monoisotopic (exact) mass is 414 g/mol. The third-order valence-electron chi connectivity index (χ3n) is 7.07. The van der Waals surface area contributed by atoms with Crippen molar-refractivity contribution in [3.63, 3.8) is 0 Å². The second-order valence-corrected chi connectivity index (χ2v) is 9.24. The van der Waals surface area contributed by atoms with E-state index in [1.807, 2.05) is 25.6 Å². The van der Waals surface area contributed by atoms with Crippen LogP contribution in [0, 0.1) is 12.3 Å². The summed E-state index contributed by atoms with van der Waals surface area (Å²) in [5.74, 6) is -1.63. The molecule has 1 spiro atoms. The Labute approximate surface area is 175 Å². The molecule has 1 aromatic carbocycles. The van der Waals surface area contributed by atoms with Crippen LogP contribution in [0.3, 0.4) is 0 Å². The zero-order valence-corrected chi connectivity index (χ0v) is 17.7. The summed E-state index contributed by atoms with van der Waals surface area (Å²) in [5.41, 5.74) is 4.26. The number of aromatic nitrogens is 3. The van der Waals surface area contributed by atoms with Gasteiger partial charge in [-0.15, -0.1) is 0 Å². The maximum absolute atomic E-state index is 13.8. The van der Waals surface area contributed by atoms with Crippen molar-refractivity contribution in [2.24, 2.45) is 12.5 Å². The number of aryl methyl sites for hydroxylation is 2. The molecule has 0 radical (unpaired) electrons. The van der Waals surface area contributed by atoms with Gasteiger partial charge in [0.05, 0.1) is 13.3 Å². The van der Waals surface area contributed by atoms with Gasteiger partial charge in [-0.2, -0.15) is 5.10 Å². The third-order valence-corrected chi connectivity index (χ3v) is 7.07. The lowest BCUT2D eigenvalue weighted by Gasteiger charge is -2.54. The molecule has 30 heavy (non-hydrogen) atoms. The first-order valence-electron chi connectivity index (χ1n) is 10.5. The highest BCUT2D eigenvalue weighted by Gasteiger charge is 2.58. The highest BCUT2D eigenvalue weighted by atomic mass is 19.3. The number of fused-ring (bicyclic) bond motifs is 1. The van der Waals surface area contributed by atoms with Crippen LogP contribution in [-0.4, -0.2) is 39.2 Å². The number of alkyl halides is 2. The van der Waals surface area contributed by atoms with Crippen molar-refractivity contribution >= 4 is 10.9 Å². The van der Waals surface area contributed by atoms with E-state index in [0.29, 0.717) is 6.54 Å². The minimum Gasteiger partial charge on any atom is -0.496 e. The summed E-state index contributed by atoms with van der Waals surface area (Å²) in [7, 11) is 3.60. The van der Waals surface area contributed by atoms with Crippen molar-refractivity contribution in [1.29, 1.82) is 0 Å². The minimum absolute atomic E-state index is 0.0144. The molecular weight excluding hydrogens is 386 g/mol. The normalized spacial score (nSPS) is 23.0. The van der Waals surface area contributed by atoms with Gasteiger partial charge in [0.1, 0.15) is 5.75 Å². The highest BCUT2D eigenvalue weighted by molar-refractivity contribution is 5.88. The Morgan fingerprint density at radius 2 is 2.13 bits per heavy atom. The number of nitrogens with zero attached hydrogens (tertiary/aromatic N) is 3. The molecule has 0 unspecified atom stereocenters. The van der Waals surface area contributed by atoms with Crippen molar-refractivity contribution in [1.82, 2.24) is 19.7 Å². The largest absolute Gasteiger partial charge is 0.496 e. The van der Waals surface area contributed by atoms with Crippen molar-refractivity contribution in [3.8, 4) is 5.75 Å². The van der Waals surface area contributed by atoms with Crippen molar-refractivity contribution < 1.29 is 13.5 Å². The lowest BCUT2D eigenvalue weighted by Crippen LogP contribution is -2.53. The number of nitrogens with one attached hydrogen (secondary N) is 1. The van der Waals surface area contributed by atoms with Crippen LogP contribution in [0.2, 0.25) is 0 Å². The maximum Gasteiger partial charge on any atom is 0.249 e. The first kappa shape index (κ1) is 19.5. The summed E-state index contributed by atoms with van der Waals surface area (Å²) < 4.78 is 35.1. The van der Waals surface area contributed by atoms with E-state index >= 15 is 0 Å². The Morgan fingerprint density at radius 3 is 2.80 bits per heavy atom. The molecule has 3 aromatic rings. The van der Waals surface area contributed by atoms with Crippen molar-refractivity contribution in [2.75, 3.05) is 13.7 Å². The molecule has 1 N–H and O–H groups in total. The summed E-state index contributed by atoms with van der Waals surface area (Å²) >= 11 is 0. The van der Waals surface area contributed by atoms with Crippen LogP contribution in [0.25, 0.3) is 10.9 Å². The smallest absolute Gasteiger partial charge is 0.249 e. The molecule has 2 aliphatic rings. The summed E-state index contributed by atoms with van der Waals surface area (Å²) in [6.07, 6.45) is 7.45. The summed E-state index contributed by atoms with van der Waals surface area (Å²) in [4.78, 5) is 5.75. The molecule has 160 valence electrons. The van der Waals surface area contributed by atoms with Crippen molar-refractivity contribution in [3.05, 3.63) is 47.4 Å². The zero-order valence-electron chi connectivity index (χ0n) is 17.7. The van der Waals surface area contributed by atoms with E-state index in [2.05, 4.69) is 34.0 Å². The highest BCUT2D eigenvalue weighted by Crippen LogP contribution is 2.60. The average Bonchev–Trinajstić information content (AvgIpc) is 3.33. The average molecular weight is 415 g/mol. The number of H-pyrrole nitrogens is 1. The molecule has 5 nitrogen and oxygen atoms in total. The van der Waals surface area contributed by atoms with E-state index in [1.54, 1.807) is 11.8 Å². The second-order valence-electron chi connectivity index (χ2n) is 9.24. The molecule has 1 aliphatic carbocycles. The molecule has 7 heteroatoms. The van der Waals surface area contributed by atoms with Crippen LogP contribution in [0.15, 0.2) is 30.7 Å². The minimum atomic E-state index is -2.50. The number of piperidine rings is 1. The van der Waals surface area contributed by atoms with Crippen LogP contribution in [-0.2, 0) is 13.6 Å². The number of hydrogen-bond donors (Lipinski definition) is 1. The fourth-order valence-electron chi connectivity index (χ4n) is 5.66. The first-order chi connectivity index (χ1) is 14.3. The quantitative estimate of drug-likeness (QED) is 0.656. The Bertz CT molecular complexity index is 1080. The molecular formula is C23H28F2N4O. The Morgan fingerprint density at radius 1 is 1.33 bits per heavy atom. The maximum atomic E-state index is 13.8. The van der Waals surface area contributed by atoms with Gasteiger partial charge in [0.15, 0.2) is 0 Å². The number of hydrogen-bond acceptors (Lipinski definition) is 3. The number of benzene rings is 1. The van der Waals surface area contributed by atoms with Gasteiger partial charge in [-0.05, 0) is 49.4 Å². The SMILES string of the molecule is COc1cc(C)c2[nH]ccc2c1CN1CCC2(C[C@H]1c1cnn(C)c1)CC(F)(F)C2. The molecule has 2 aromatic heterocycles. The van der Waals surface area contributed by atoms with E-state index in [4.69, 9.17) is 4.74 Å². The number of halogens is 2. The molecule has 1 aliphatic heterocycles. The summed E-state index contributed by atoms with van der Waals surface area (Å²) in [5, 5.41) is 5.51. The van der Waals surface area contributed by atoms with Gasteiger partial charge < -0.3 is 9.72 Å². The van der Waals surface area contributed by atoms with Crippen LogP contribution in [0.5, 0.6) is 5.75 Å². The topological polar surface area (TPSA) is 46.1 Å². The van der Waals surface area contributed by atoms with Crippen LogP contribution < -0.4 is 4.74 Å². The lowest BCUT2D eigenvalue weighted by atomic mass is 9.59. The second kappa shape index (κ2) is 6.80. The molecule has 1 atom stereocenters. The molecule has 0 bridgehead atoms. The number of aromatic amines is 1. The molecule has 3 heterocycles. The predicted molar refractivity (Wildman–Crippen MR) is 112 cm³/mol. The molecule has 5 rings (SSSR count). The number of ether oxygens (including phenoxy) is 1. The van der Waals surface area contributed by atoms with Gasteiger partial charge >= 0.3 is 0 Å². The third kappa shape index (κ3) is 3.20. The molecule has 2 fully saturated rings. The van der Waals surface area contributed by atoms with Gasteiger partial charge in [-0.1, -0.05) is 0 Å². The Balaban J connectivity index is 1.50. The van der Waals surface area contributed by atoms with Gasteiger partial charge in [0.25, 0.3) is 0 Å². The zero-order chi connectivity index (χ0) is 21.1. The van der Waals surface area contributed by atoms with Gasteiger partial charge in [0, 0.05) is 66.9 Å². The molecule has 0 amide bonds. The Kier molecular flexibility index (Phi) is 4.43. The number of methoxy groups -OCH3 is 1. The standard InChI is InChI=1S/C23H28F2N4O/c1-15-8-20(30-3)18(17-4-6-26-21(15)17)12-29-7-5-22(13-23(24,25)14-22)9-19(29)16-10-27-28(2)11-16/h4,6,8,10-11,19,26H,5,7,9,12-14H2,1-3H3/t19-/m0/s1. The number of rotatable bonds is 4. The molecule has 1 saturated carbocycles. The van der Waals surface area contributed by atoms with Crippen molar-refractivity contribution in [2.45, 2.75) is 51.1 Å². The van der Waals surface area contributed by atoms with E-state index in [-0.39, 0.29) is 24.3 Å². The van der Waals surface area contributed by atoms with E-state index < -0.39 is 5.92 Å². The van der Waals surface area contributed by atoms with E-state index in [9.17, 15) is 8.78 Å². The fraction of sp³-hybridized carbons (Fsp3) is 0.522. The van der Waals surface area contributed by atoms with Gasteiger partial charge in [0.2, 0.25) is 5.92 Å². The number of likely N-dealkylation sites (tertiary alicyclic amines) is 1. The van der Waals surface area contributed by atoms with Crippen LogP contribution in [0.1, 0.15) is 48.4 Å².